The summed E-state index contributed by atoms with van der Waals surface area (Å²) in [6, 6.07) is 0. The molecule has 1 fully saturated rings. The summed E-state index contributed by atoms with van der Waals surface area (Å²) in [5.74, 6) is -1.99. The molecule has 12 nitrogen and oxygen atoms in total. The summed E-state index contributed by atoms with van der Waals surface area (Å²) in [4.78, 5) is 54.6. The molecule has 6 atom stereocenters. The lowest BCUT2D eigenvalue weighted by Gasteiger charge is -2.30. The average molecular weight is 657 g/mol. The molecule has 1 saturated heterocycles. The molecule has 0 aromatic rings. The van der Waals surface area contributed by atoms with Crippen LogP contribution in [0, 0.1) is 11.8 Å². The van der Waals surface area contributed by atoms with Gasteiger partial charge in [-0.3, -0.25) is 14.4 Å². The monoisotopic (exact) mass is 656 g/mol. The molecule has 0 radical (unpaired) electrons. The number of hydrogen-bond donors (Lipinski definition) is 4. The fourth-order valence-electron chi connectivity index (χ4n) is 6.30. The third-order valence-corrected chi connectivity index (χ3v) is 8.97. The van der Waals surface area contributed by atoms with Crippen LogP contribution in [0.15, 0.2) is 58.5 Å². The molecule has 12 heteroatoms. The van der Waals surface area contributed by atoms with Crippen LogP contribution in [0.25, 0.3) is 0 Å². The van der Waals surface area contributed by atoms with Crippen LogP contribution < -0.4 is 16.4 Å². The number of ketones is 2. The standard InChI is InChI=1S/C35H52N4O8/c1-21-17-25-30(37-13-16-39-14-8-7-9-15-39)27(40)20-26(32(25)42)38-34(43)22(2)11-10-12-28(45-5)33(47-35(36)44)24(4)19-23(3)31(41)29(18-21)46-6/h10-12,19-21,23,28-29,31,33,37,41H,7-9,13-18H2,1-6H3,(H2,36,44)(H,38,43)/b12-10-,22-11+,24-19+/t21-,23+,28+,29+,31-,33+/m1/s1. The van der Waals surface area contributed by atoms with Crippen LogP contribution in [0.4, 0.5) is 4.79 Å². The highest BCUT2D eigenvalue weighted by Crippen LogP contribution is 2.29. The Labute approximate surface area is 278 Å². The largest absolute Gasteiger partial charge is 0.439 e. The van der Waals surface area contributed by atoms with Crippen LogP contribution >= 0.6 is 0 Å². The van der Waals surface area contributed by atoms with Crippen LogP contribution in [0.5, 0.6) is 0 Å². The fraction of sp³-hybridized carbons (Fsp3) is 0.600. The highest BCUT2D eigenvalue weighted by atomic mass is 16.6. The maximum Gasteiger partial charge on any atom is 0.405 e. The quantitative estimate of drug-likeness (QED) is 0.236. The number of aliphatic hydroxyl groups is 1. The molecule has 0 aromatic carbocycles. The van der Waals surface area contributed by atoms with E-state index in [4.69, 9.17) is 19.9 Å². The number of Topliss-reactive ketones (excluding diaryl/α,β-unsaturated/α-hetero) is 1. The predicted molar refractivity (Wildman–Crippen MR) is 178 cm³/mol. The SMILES string of the molecule is CO[C@H]1/C=C\C=C(/C)C(=O)NC2=CC(=O)C(NCCN3CCCCC3)=C(C[C@@H](C)C[C@H](OC)[C@H](O)[C@@H](C)/C=C(\C)[C@@H]1OC(N)=O)C2=O. The summed E-state index contributed by atoms with van der Waals surface area (Å²) in [5, 5.41) is 17.2. The maximum absolute atomic E-state index is 13.9. The van der Waals surface area contributed by atoms with Crippen molar-refractivity contribution in [1.82, 2.24) is 15.5 Å². The van der Waals surface area contributed by atoms with Gasteiger partial charge in [0.05, 0.1) is 23.6 Å². The number of fused-ring (bicyclic) bond motifs is 2. The van der Waals surface area contributed by atoms with Gasteiger partial charge in [-0.25, -0.2) is 4.79 Å². The summed E-state index contributed by atoms with van der Waals surface area (Å²) >= 11 is 0. The van der Waals surface area contributed by atoms with E-state index in [1.165, 1.54) is 32.8 Å². The molecule has 3 aliphatic rings. The zero-order chi connectivity index (χ0) is 34.7. The van der Waals surface area contributed by atoms with E-state index in [9.17, 15) is 24.3 Å². The number of carbonyl (C=O) groups excluding carboxylic acids is 4. The first-order valence-electron chi connectivity index (χ1n) is 16.4. The van der Waals surface area contributed by atoms with Crippen LogP contribution in [0.3, 0.4) is 0 Å². The highest BCUT2D eigenvalue weighted by Gasteiger charge is 2.33. The number of nitrogens with one attached hydrogen (secondary N) is 2. The van der Waals surface area contributed by atoms with Gasteiger partial charge in [0.25, 0.3) is 5.91 Å². The second kappa shape index (κ2) is 18.1. The van der Waals surface area contributed by atoms with Gasteiger partial charge < -0.3 is 40.6 Å². The highest BCUT2D eigenvalue weighted by molar-refractivity contribution is 6.23. The number of hydrogen-bond acceptors (Lipinski definition) is 10. The van der Waals surface area contributed by atoms with E-state index in [0.717, 1.165) is 32.5 Å². The minimum Gasteiger partial charge on any atom is -0.439 e. The molecule has 2 heterocycles. The lowest BCUT2D eigenvalue weighted by Crippen LogP contribution is -2.40. The smallest absolute Gasteiger partial charge is 0.405 e. The number of rotatable bonds is 7. The zero-order valence-corrected chi connectivity index (χ0v) is 28.5. The van der Waals surface area contributed by atoms with Crippen LogP contribution in [-0.4, -0.2) is 98.4 Å². The molecule has 2 amide bonds. The van der Waals surface area contributed by atoms with Gasteiger partial charge in [0, 0.05) is 50.4 Å². The summed E-state index contributed by atoms with van der Waals surface area (Å²) in [7, 11) is 2.96. The third kappa shape index (κ3) is 10.7. The van der Waals surface area contributed by atoms with Gasteiger partial charge in [-0.05, 0) is 64.1 Å². The van der Waals surface area contributed by atoms with Gasteiger partial charge in [0.1, 0.15) is 6.10 Å². The minimum absolute atomic E-state index is 0.0973. The molecular formula is C35H52N4O8. The summed E-state index contributed by atoms with van der Waals surface area (Å²) in [6.07, 6.45) is 7.52. The number of piperidine rings is 1. The van der Waals surface area contributed by atoms with Crippen molar-refractivity contribution < 1.29 is 38.5 Å². The second-order valence-corrected chi connectivity index (χ2v) is 12.8. The molecule has 260 valence electrons. The number of aliphatic hydroxyl groups excluding tert-OH is 1. The molecule has 5 N–H and O–H groups in total. The van der Waals surface area contributed by atoms with Gasteiger partial charge in [0.2, 0.25) is 11.6 Å². The average Bonchev–Trinajstić information content (AvgIpc) is 3.04. The Morgan fingerprint density at radius 1 is 1.11 bits per heavy atom. The number of carbonyl (C=O) groups is 4. The molecule has 2 bridgehead atoms. The first-order chi connectivity index (χ1) is 22.4. The van der Waals surface area contributed by atoms with E-state index in [2.05, 4.69) is 15.5 Å². The van der Waals surface area contributed by atoms with Crippen molar-refractivity contribution >= 4 is 23.6 Å². The van der Waals surface area contributed by atoms with Gasteiger partial charge in [-0.2, -0.15) is 0 Å². The molecule has 0 unspecified atom stereocenters. The Hall–Kier alpha value is -3.58. The molecule has 3 rings (SSSR count). The van der Waals surface area contributed by atoms with E-state index in [-0.39, 0.29) is 35.1 Å². The number of likely N-dealkylation sites (tertiary alicyclic amines) is 1. The van der Waals surface area contributed by atoms with Gasteiger partial charge >= 0.3 is 6.09 Å². The lowest BCUT2D eigenvalue weighted by atomic mass is 9.85. The van der Waals surface area contributed by atoms with Crippen molar-refractivity contribution in [1.29, 1.82) is 0 Å². The first-order valence-corrected chi connectivity index (χ1v) is 16.4. The number of ether oxygens (including phenoxy) is 3. The van der Waals surface area contributed by atoms with Crippen molar-refractivity contribution in [2.75, 3.05) is 40.4 Å². The number of nitrogens with two attached hydrogens (primary N) is 1. The Morgan fingerprint density at radius 2 is 1.81 bits per heavy atom. The Balaban J connectivity index is 2.00. The molecule has 47 heavy (non-hydrogen) atoms. The van der Waals surface area contributed by atoms with Gasteiger partial charge in [0.15, 0.2) is 6.10 Å². The molecule has 1 aliphatic carbocycles. The second-order valence-electron chi connectivity index (χ2n) is 12.8. The number of nitrogens with zero attached hydrogens (tertiary/aromatic N) is 1. The molecule has 0 saturated carbocycles. The minimum atomic E-state index is -0.993. The number of primary amides is 1. The van der Waals surface area contributed by atoms with Gasteiger partial charge in [-0.1, -0.05) is 44.6 Å². The van der Waals surface area contributed by atoms with Crippen molar-refractivity contribution in [2.45, 2.75) is 84.2 Å². The van der Waals surface area contributed by atoms with Crippen molar-refractivity contribution in [3.8, 4) is 0 Å². The summed E-state index contributed by atoms with van der Waals surface area (Å²) in [6.45, 7) is 10.3. The lowest BCUT2D eigenvalue weighted by molar-refractivity contribution is -0.120. The van der Waals surface area contributed by atoms with E-state index >= 15 is 0 Å². The maximum atomic E-state index is 13.9. The molecule has 0 aromatic heterocycles. The number of methoxy groups -OCH3 is 2. The molecular weight excluding hydrogens is 604 g/mol. The van der Waals surface area contributed by atoms with Crippen molar-refractivity contribution in [2.24, 2.45) is 17.6 Å². The third-order valence-electron chi connectivity index (χ3n) is 8.97. The van der Waals surface area contributed by atoms with Crippen molar-refractivity contribution in [3.63, 3.8) is 0 Å². The normalized spacial score (nSPS) is 32.0. The van der Waals surface area contributed by atoms with Crippen LogP contribution in [-0.2, 0) is 28.6 Å². The van der Waals surface area contributed by atoms with E-state index in [0.29, 0.717) is 24.1 Å². The predicted octanol–water partition coefficient (Wildman–Crippen LogP) is 2.84. The summed E-state index contributed by atoms with van der Waals surface area (Å²) < 4.78 is 16.7. The number of allylic oxidation sites excluding steroid dienone is 4. The van der Waals surface area contributed by atoms with E-state index in [1.807, 2.05) is 13.8 Å². The topological polar surface area (TPSA) is 170 Å². The molecule has 0 spiro atoms. The fourth-order valence-corrected chi connectivity index (χ4v) is 6.30. The van der Waals surface area contributed by atoms with Crippen LogP contribution in [0.2, 0.25) is 0 Å². The first kappa shape index (κ1) is 37.9. The Kier molecular flexibility index (Phi) is 14.6. The summed E-state index contributed by atoms with van der Waals surface area (Å²) in [5.41, 5.74) is 6.67. The van der Waals surface area contributed by atoms with E-state index < -0.39 is 48.1 Å². The van der Waals surface area contributed by atoms with E-state index in [1.54, 1.807) is 32.1 Å². The zero-order valence-electron chi connectivity index (χ0n) is 28.5. The molecule has 2 aliphatic heterocycles. The van der Waals surface area contributed by atoms with Crippen molar-refractivity contribution in [3.05, 3.63) is 58.5 Å². The Morgan fingerprint density at radius 3 is 2.45 bits per heavy atom. The number of amides is 2. The Bertz CT molecular complexity index is 1310. The van der Waals surface area contributed by atoms with Crippen LogP contribution in [0.1, 0.15) is 59.8 Å². The van der Waals surface area contributed by atoms with Gasteiger partial charge in [-0.15, -0.1) is 0 Å².